The van der Waals surface area contributed by atoms with Crippen LogP contribution in [-0.4, -0.2) is 12.6 Å². The smallest absolute Gasteiger partial charge is 0.330 e. The zero-order valence-corrected chi connectivity index (χ0v) is 14.4. The number of hydrogen-bond donors (Lipinski definition) is 0. The lowest BCUT2D eigenvalue weighted by molar-refractivity contribution is -0.138. The van der Waals surface area contributed by atoms with Gasteiger partial charge in [-0.1, -0.05) is 91.1 Å². The highest BCUT2D eigenvalue weighted by molar-refractivity contribution is 5.81. The average molecular weight is 296 g/mol. The van der Waals surface area contributed by atoms with Gasteiger partial charge in [0.15, 0.2) is 0 Å². The monoisotopic (exact) mass is 296 g/mol. The van der Waals surface area contributed by atoms with Crippen LogP contribution in [0.2, 0.25) is 0 Å². The molecule has 0 aromatic carbocycles. The Balaban J connectivity index is 3.69. The molecule has 0 amide bonds. The van der Waals surface area contributed by atoms with Gasteiger partial charge in [-0.3, -0.25) is 0 Å². The van der Waals surface area contributed by atoms with Gasteiger partial charge in [0.05, 0.1) is 6.61 Å². The van der Waals surface area contributed by atoms with E-state index in [4.69, 9.17) is 4.74 Å². The third kappa shape index (κ3) is 13.9. The molecule has 0 heterocycles. The molecular formula is C19H36O2. The summed E-state index contributed by atoms with van der Waals surface area (Å²) in [6.45, 7) is 8.48. The van der Waals surface area contributed by atoms with Crippen LogP contribution in [0.5, 0.6) is 0 Å². The molecule has 0 aliphatic rings. The van der Waals surface area contributed by atoms with Crippen LogP contribution in [0.15, 0.2) is 12.7 Å². The quantitative estimate of drug-likeness (QED) is 0.209. The second kappa shape index (κ2) is 15.6. The second-order valence-electron chi connectivity index (χ2n) is 6.08. The maximum atomic E-state index is 11.1. The summed E-state index contributed by atoms with van der Waals surface area (Å²) in [6.07, 6.45) is 16.9. The van der Waals surface area contributed by atoms with Gasteiger partial charge in [0.2, 0.25) is 0 Å². The van der Waals surface area contributed by atoms with Crippen LogP contribution >= 0.6 is 0 Å². The highest BCUT2D eigenvalue weighted by Crippen LogP contribution is 2.21. The predicted molar refractivity (Wildman–Crippen MR) is 91.4 cm³/mol. The Morgan fingerprint density at radius 1 is 0.905 bits per heavy atom. The number of carbonyl (C=O) groups excluding carboxylic acids is 1. The van der Waals surface area contributed by atoms with Crippen LogP contribution in [0.1, 0.15) is 90.9 Å². The van der Waals surface area contributed by atoms with Crippen molar-refractivity contribution in [2.75, 3.05) is 6.61 Å². The van der Waals surface area contributed by atoms with Crippen LogP contribution in [0.3, 0.4) is 0 Å². The molecule has 2 nitrogen and oxygen atoms in total. The number of unbranched alkanes of at least 4 members (excludes halogenated alkanes) is 7. The maximum absolute atomic E-state index is 11.1. The molecule has 124 valence electrons. The van der Waals surface area contributed by atoms with E-state index >= 15 is 0 Å². The summed E-state index contributed by atoms with van der Waals surface area (Å²) < 4.78 is 5.12. The standard InChI is InChI=1S/C19H36O2/c1-4-7-9-10-11-12-13-15-18(14-8-5-2)16-17-21-19(20)6-3/h6,18H,3-5,7-17H2,1-2H3. The van der Waals surface area contributed by atoms with Gasteiger partial charge < -0.3 is 4.74 Å². The molecule has 1 atom stereocenters. The van der Waals surface area contributed by atoms with Crippen molar-refractivity contribution >= 4 is 5.97 Å². The average Bonchev–Trinajstić information content (AvgIpc) is 2.50. The highest BCUT2D eigenvalue weighted by Gasteiger charge is 2.09. The number of hydrogen-bond acceptors (Lipinski definition) is 2. The summed E-state index contributed by atoms with van der Waals surface area (Å²) in [4.78, 5) is 11.1. The number of rotatable bonds is 15. The molecule has 0 rings (SSSR count). The van der Waals surface area contributed by atoms with Crippen molar-refractivity contribution < 1.29 is 9.53 Å². The van der Waals surface area contributed by atoms with Crippen molar-refractivity contribution in [2.24, 2.45) is 5.92 Å². The molecule has 0 aliphatic heterocycles. The summed E-state index contributed by atoms with van der Waals surface area (Å²) in [6, 6.07) is 0. The van der Waals surface area contributed by atoms with E-state index in [-0.39, 0.29) is 5.97 Å². The number of carbonyl (C=O) groups is 1. The largest absolute Gasteiger partial charge is 0.463 e. The normalized spacial score (nSPS) is 12.1. The molecule has 0 spiro atoms. The minimum atomic E-state index is -0.292. The first kappa shape index (κ1) is 20.2. The van der Waals surface area contributed by atoms with Crippen LogP contribution < -0.4 is 0 Å². The molecule has 21 heavy (non-hydrogen) atoms. The summed E-state index contributed by atoms with van der Waals surface area (Å²) in [5.41, 5.74) is 0. The Kier molecular flexibility index (Phi) is 15.0. The molecule has 0 radical (unpaired) electrons. The van der Waals surface area contributed by atoms with Crippen molar-refractivity contribution in [1.29, 1.82) is 0 Å². The molecular weight excluding hydrogens is 260 g/mol. The van der Waals surface area contributed by atoms with Gasteiger partial charge in [0.25, 0.3) is 0 Å². The Hall–Kier alpha value is -0.790. The van der Waals surface area contributed by atoms with Gasteiger partial charge in [-0.15, -0.1) is 0 Å². The van der Waals surface area contributed by atoms with E-state index in [2.05, 4.69) is 20.4 Å². The fourth-order valence-corrected chi connectivity index (χ4v) is 2.70. The van der Waals surface area contributed by atoms with Crippen molar-refractivity contribution in [3.05, 3.63) is 12.7 Å². The lowest BCUT2D eigenvalue weighted by Gasteiger charge is -2.16. The molecule has 0 N–H and O–H groups in total. The first-order valence-electron chi connectivity index (χ1n) is 9.03. The lowest BCUT2D eigenvalue weighted by atomic mass is 9.92. The maximum Gasteiger partial charge on any atom is 0.330 e. The summed E-state index contributed by atoms with van der Waals surface area (Å²) in [5.74, 6) is 0.429. The summed E-state index contributed by atoms with van der Waals surface area (Å²) in [5, 5.41) is 0. The molecule has 1 unspecified atom stereocenters. The minimum absolute atomic E-state index is 0.292. The van der Waals surface area contributed by atoms with E-state index in [1.807, 2.05) is 0 Å². The topological polar surface area (TPSA) is 26.3 Å². The van der Waals surface area contributed by atoms with Gasteiger partial charge in [0.1, 0.15) is 0 Å². The van der Waals surface area contributed by atoms with Crippen LogP contribution in [0.4, 0.5) is 0 Å². The van der Waals surface area contributed by atoms with Crippen LogP contribution in [0.25, 0.3) is 0 Å². The van der Waals surface area contributed by atoms with Crippen molar-refractivity contribution in [2.45, 2.75) is 90.9 Å². The third-order valence-electron chi connectivity index (χ3n) is 4.12. The summed E-state index contributed by atoms with van der Waals surface area (Å²) in [7, 11) is 0. The van der Waals surface area contributed by atoms with Crippen molar-refractivity contribution in [3.8, 4) is 0 Å². The lowest BCUT2D eigenvalue weighted by Crippen LogP contribution is -2.09. The molecule has 0 aliphatic carbocycles. The SMILES string of the molecule is C=CC(=O)OCCC(CCCC)CCCCCCCCC. The van der Waals surface area contributed by atoms with Crippen molar-refractivity contribution in [3.63, 3.8) is 0 Å². The zero-order chi connectivity index (χ0) is 15.8. The summed E-state index contributed by atoms with van der Waals surface area (Å²) >= 11 is 0. The van der Waals surface area contributed by atoms with E-state index in [9.17, 15) is 4.79 Å². The van der Waals surface area contributed by atoms with E-state index in [1.54, 1.807) is 0 Å². The first-order chi connectivity index (χ1) is 10.2. The van der Waals surface area contributed by atoms with Crippen LogP contribution in [-0.2, 0) is 9.53 Å². The number of ether oxygens (including phenoxy) is 1. The zero-order valence-electron chi connectivity index (χ0n) is 14.4. The molecule has 0 fully saturated rings. The van der Waals surface area contributed by atoms with E-state index < -0.39 is 0 Å². The molecule has 0 saturated heterocycles. The molecule has 0 bridgehead atoms. The molecule has 0 saturated carbocycles. The van der Waals surface area contributed by atoms with E-state index in [0.29, 0.717) is 6.61 Å². The highest BCUT2D eigenvalue weighted by atomic mass is 16.5. The fourth-order valence-electron chi connectivity index (χ4n) is 2.70. The van der Waals surface area contributed by atoms with Gasteiger partial charge in [-0.2, -0.15) is 0 Å². The Labute approximate surface area is 132 Å². The molecule has 2 heteroatoms. The predicted octanol–water partition coefficient (Wildman–Crippen LogP) is 6.05. The van der Waals surface area contributed by atoms with Gasteiger partial charge in [-0.25, -0.2) is 4.79 Å². The van der Waals surface area contributed by atoms with E-state index in [0.717, 1.165) is 12.3 Å². The van der Waals surface area contributed by atoms with Gasteiger partial charge in [0, 0.05) is 6.08 Å². The first-order valence-corrected chi connectivity index (χ1v) is 9.03. The van der Waals surface area contributed by atoms with E-state index in [1.165, 1.54) is 76.7 Å². The van der Waals surface area contributed by atoms with Crippen molar-refractivity contribution in [1.82, 2.24) is 0 Å². The Morgan fingerprint density at radius 3 is 2.10 bits per heavy atom. The number of esters is 1. The van der Waals surface area contributed by atoms with Gasteiger partial charge in [-0.05, 0) is 12.3 Å². The fraction of sp³-hybridized carbons (Fsp3) is 0.842. The molecule has 0 aromatic rings. The minimum Gasteiger partial charge on any atom is -0.463 e. The Morgan fingerprint density at radius 2 is 1.48 bits per heavy atom. The second-order valence-corrected chi connectivity index (χ2v) is 6.08. The van der Waals surface area contributed by atoms with Crippen LogP contribution in [0, 0.1) is 5.92 Å². The molecule has 0 aromatic heterocycles. The Bertz CT molecular complexity index is 248. The third-order valence-corrected chi connectivity index (χ3v) is 4.12. The van der Waals surface area contributed by atoms with Gasteiger partial charge >= 0.3 is 5.97 Å².